The van der Waals surface area contributed by atoms with Crippen molar-refractivity contribution in [2.24, 2.45) is 0 Å². The number of fused-ring (bicyclic) bond motifs is 2. The Labute approximate surface area is 163 Å². The van der Waals surface area contributed by atoms with Crippen molar-refractivity contribution in [2.45, 2.75) is 6.54 Å². The number of aromatic nitrogens is 6. The van der Waals surface area contributed by atoms with Crippen LogP contribution in [0.4, 0.5) is 0 Å². The fraction of sp³-hybridized carbons (Fsp3) is 0.0500. The van der Waals surface area contributed by atoms with E-state index in [0.29, 0.717) is 22.5 Å². The molecule has 0 aliphatic heterocycles. The number of carboxylic acids is 1. The second-order valence-electron chi connectivity index (χ2n) is 6.45. The Bertz CT molecular complexity index is 1430. The van der Waals surface area contributed by atoms with Gasteiger partial charge in [-0.05, 0) is 36.4 Å². The van der Waals surface area contributed by atoms with Crippen LogP contribution < -0.4 is 5.69 Å². The second kappa shape index (κ2) is 6.41. The zero-order valence-electron chi connectivity index (χ0n) is 15.0. The van der Waals surface area contributed by atoms with Gasteiger partial charge in [0.15, 0.2) is 5.82 Å². The topological polar surface area (TPSA) is 107 Å². The van der Waals surface area contributed by atoms with Crippen LogP contribution in [0.1, 0.15) is 0 Å². The van der Waals surface area contributed by atoms with E-state index in [0.717, 1.165) is 11.1 Å². The molecule has 0 saturated heterocycles. The van der Waals surface area contributed by atoms with Gasteiger partial charge in [-0.1, -0.05) is 18.2 Å². The minimum atomic E-state index is -1.09. The molecular formula is C20H14N6O3. The number of benzene rings is 1. The number of carboxylic acid groups (broad SMARTS) is 1. The highest BCUT2D eigenvalue weighted by atomic mass is 16.4. The van der Waals surface area contributed by atoms with Crippen LogP contribution in [0.5, 0.6) is 0 Å². The van der Waals surface area contributed by atoms with Crippen molar-refractivity contribution in [1.82, 2.24) is 28.9 Å². The third-order valence-corrected chi connectivity index (χ3v) is 4.71. The molecule has 9 nitrogen and oxygen atoms in total. The van der Waals surface area contributed by atoms with E-state index < -0.39 is 18.2 Å². The Morgan fingerprint density at radius 2 is 1.69 bits per heavy atom. The predicted octanol–water partition coefficient (Wildman–Crippen LogP) is 1.98. The van der Waals surface area contributed by atoms with E-state index in [1.165, 1.54) is 9.13 Å². The number of hydrogen-bond acceptors (Lipinski definition) is 5. The van der Waals surface area contributed by atoms with E-state index in [-0.39, 0.29) is 0 Å². The number of aliphatic carboxylic acids is 1. The number of nitrogens with zero attached hydrogens (tertiary/aromatic N) is 6. The van der Waals surface area contributed by atoms with Gasteiger partial charge in [0.25, 0.3) is 0 Å². The largest absolute Gasteiger partial charge is 0.480 e. The molecular weight excluding hydrogens is 372 g/mol. The van der Waals surface area contributed by atoms with Crippen molar-refractivity contribution in [3.05, 3.63) is 77.5 Å². The number of rotatable bonds is 4. The highest BCUT2D eigenvalue weighted by molar-refractivity contribution is 5.80. The summed E-state index contributed by atoms with van der Waals surface area (Å²) in [7, 11) is 0. The van der Waals surface area contributed by atoms with Crippen LogP contribution in [0.3, 0.4) is 0 Å². The van der Waals surface area contributed by atoms with Crippen molar-refractivity contribution >= 4 is 22.5 Å². The summed E-state index contributed by atoms with van der Waals surface area (Å²) >= 11 is 0. The van der Waals surface area contributed by atoms with Crippen LogP contribution in [-0.4, -0.2) is 40.0 Å². The summed E-state index contributed by atoms with van der Waals surface area (Å²) in [6.07, 6.45) is 3.56. The average Bonchev–Trinajstić information content (AvgIpc) is 3.28. The van der Waals surface area contributed by atoms with Gasteiger partial charge in [-0.2, -0.15) is 5.10 Å². The fourth-order valence-corrected chi connectivity index (χ4v) is 3.44. The molecule has 5 rings (SSSR count). The summed E-state index contributed by atoms with van der Waals surface area (Å²) in [6.45, 7) is -0.430. The van der Waals surface area contributed by atoms with Crippen molar-refractivity contribution in [3.8, 4) is 17.1 Å². The van der Waals surface area contributed by atoms with E-state index in [4.69, 9.17) is 5.11 Å². The fourth-order valence-electron chi connectivity index (χ4n) is 3.44. The first-order valence-corrected chi connectivity index (χ1v) is 8.82. The third-order valence-electron chi connectivity index (χ3n) is 4.71. The lowest BCUT2D eigenvalue weighted by Crippen LogP contribution is -2.26. The van der Waals surface area contributed by atoms with E-state index >= 15 is 0 Å². The standard InChI is InChI=1S/C20H14N6O3/c27-19(28)12-24-16-6-1-2-7-17(16)26(20(24)29)18-9-8-14(22-23-18)13-11-21-25-10-4-3-5-15(13)25/h1-11H,12H2,(H,27,28). The quantitative estimate of drug-likeness (QED) is 0.506. The van der Waals surface area contributed by atoms with Crippen LogP contribution in [0.15, 0.2) is 71.8 Å². The first-order valence-electron chi connectivity index (χ1n) is 8.82. The Morgan fingerprint density at radius 1 is 0.931 bits per heavy atom. The van der Waals surface area contributed by atoms with Gasteiger partial charge in [0.1, 0.15) is 6.54 Å². The molecule has 0 bridgehead atoms. The molecule has 5 aromatic rings. The van der Waals surface area contributed by atoms with Crippen molar-refractivity contribution < 1.29 is 9.90 Å². The molecule has 0 saturated carbocycles. The normalized spacial score (nSPS) is 11.3. The Morgan fingerprint density at radius 3 is 2.45 bits per heavy atom. The highest BCUT2D eigenvalue weighted by Gasteiger charge is 2.17. The SMILES string of the molecule is O=C(O)Cn1c(=O)n(-c2ccc(-c3cnn4ccccc34)nn2)c2ccccc21. The first-order chi connectivity index (χ1) is 14.1. The molecule has 0 atom stereocenters. The number of hydrogen-bond donors (Lipinski definition) is 1. The van der Waals surface area contributed by atoms with Gasteiger partial charge < -0.3 is 5.11 Å². The van der Waals surface area contributed by atoms with Gasteiger partial charge in [-0.15, -0.1) is 10.2 Å². The lowest BCUT2D eigenvalue weighted by Gasteiger charge is -2.03. The van der Waals surface area contributed by atoms with Gasteiger partial charge >= 0.3 is 11.7 Å². The minimum absolute atomic E-state index is 0.315. The molecule has 0 amide bonds. The van der Waals surface area contributed by atoms with Gasteiger partial charge in [-0.25, -0.2) is 13.9 Å². The summed E-state index contributed by atoms with van der Waals surface area (Å²) in [5, 5.41) is 22.0. The Kier molecular flexibility index (Phi) is 3.73. The molecule has 4 aromatic heterocycles. The molecule has 1 aromatic carbocycles. The van der Waals surface area contributed by atoms with Gasteiger partial charge in [0, 0.05) is 11.8 Å². The van der Waals surface area contributed by atoms with Crippen LogP contribution >= 0.6 is 0 Å². The molecule has 0 aliphatic rings. The van der Waals surface area contributed by atoms with E-state index in [1.54, 1.807) is 47.1 Å². The molecule has 0 unspecified atom stereocenters. The maximum Gasteiger partial charge on any atom is 0.335 e. The van der Waals surface area contributed by atoms with Gasteiger partial charge in [0.05, 0.1) is 28.4 Å². The van der Waals surface area contributed by atoms with Crippen molar-refractivity contribution in [1.29, 1.82) is 0 Å². The average molecular weight is 386 g/mol. The predicted molar refractivity (Wildman–Crippen MR) is 105 cm³/mol. The maximum atomic E-state index is 12.9. The summed E-state index contributed by atoms with van der Waals surface area (Å²) in [5.74, 6) is -0.778. The second-order valence-corrected chi connectivity index (χ2v) is 6.45. The number of para-hydroxylation sites is 2. The maximum absolute atomic E-state index is 12.9. The molecule has 29 heavy (non-hydrogen) atoms. The molecule has 0 aliphatic carbocycles. The minimum Gasteiger partial charge on any atom is -0.480 e. The van der Waals surface area contributed by atoms with Gasteiger partial charge in [0.2, 0.25) is 0 Å². The molecule has 0 spiro atoms. The van der Waals surface area contributed by atoms with Crippen LogP contribution in [0.2, 0.25) is 0 Å². The zero-order chi connectivity index (χ0) is 20.0. The zero-order valence-corrected chi connectivity index (χ0v) is 15.0. The summed E-state index contributed by atoms with van der Waals surface area (Å²) in [6, 6.07) is 16.2. The monoisotopic (exact) mass is 386 g/mol. The molecule has 142 valence electrons. The molecule has 4 heterocycles. The Hall–Kier alpha value is -4.27. The molecule has 1 N–H and O–H groups in total. The van der Waals surface area contributed by atoms with Crippen molar-refractivity contribution in [2.75, 3.05) is 0 Å². The summed E-state index contributed by atoms with van der Waals surface area (Å²) < 4.78 is 4.32. The number of pyridine rings is 1. The molecule has 9 heteroatoms. The van der Waals surface area contributed by atoms with E-state index in [2.05, 4.69) is 15.3 Å². The van der Waals surface area contributed by atoms with Gasteiger partial charge in [-0.3, -0.25) is 9.36 Å². The molecule has 0 fully saturated rings. The smallest absolute Gasteiger partial charge is 0.335 e. The number of carbonyl (C=O) groups is 1. The third kappa shape index (κ3) is 2.67. The van der Waals surface area contributed by atoms with Crippen LogP contribution in [0.25, 0.3) is 33.6 Å². The lowest BCUT2D eigenvalue weighted by molar-refractivity contribution is -0.137. The number of imidazole rings is 1. The first kappa shape index (κ1) is 16.9. The summed E-state index contributed by atoms with van der Waals surface area (Å²) in [5.41, 5.74) is 2.95. The van der Waals surface area contributed by atoms with Crippen LogP contribution in [-0.2, 0) is 11.3 Å². The highest BCUT2D eigenvalue weighted by Crippen LogP contribution is 2.23. The van der Waals surface area contributed by atoms with Crippen molar-refractivity contribution in [3.63, 3.8) is 0 Å². The van der Waals surface area contributed by atoms with E-state index in [1.807, 2.05) is 24.4 Å². The molecule has 0 radical (unpaired) electrons. The Balaban J connectivity index is 1.64. The lowest BCUT2D eigenvalue weighted by atomic mass is 10.2. The van der Waals surface area contributed by atoms with Crippen LogP contribution in [0, 0.1) is 0 Å². The summed E-state index contributed by atoms with van der Waals surface area (Å²) in [4.78, 5) is 24.1. The van der Waals surface area contributed by atoms with E-state index in [9.17, 15) is 9.59 Å².